The number of sulfonamides is 1. The van der Waals surface area contributed by atoms with E-state index in [-0.39, 0.29) is 18.3 Å². The summed E-state index contributed by atoms with van der Waals surface area (Å²) in [6.07, 6.45) is 1.03. The second kappa shape index (κ2) is 8.74. The van der Waals surface area contributed by atoms with Crippen LogP contribution < -0.4 is 19.1 Å². The van der Waals surface area contributed by atoms with Gasteiger partial charge in [-0.05, 0) is 19.1 Å². The number of hydrogen-bond acceptors (Lipinski definition) is 6. The Morgan fingerprint density at radius 2 is 1.92 bits per heavy atom. The average Bonchev–Trinajstić information content (AvgIpc) is 2.51. The molecule has 9 heteroatoms. The van der Waals surface area contributed by atoms with Crippen molar-refractivity contribution in [1.82, 2.24) is 5.32 Å². The molecule has 0 aromatic heterocycles. The Labute approximate surface area is 142 Å². The Morgan fingerprint density at radius 3 is 2.42 bits per heavy atom. The number of ether oxygens (including phenoxy) is 3. The Balaban J connectivity index is 3.13. The third-order valence-electron chi connectivity index (χ3n) is 3.17. The van der Waals surface area contributed by atoms with Crippen LogP contribution in [0.1, 0.15) is 6.92 Å². The van der Waals surface area contributed by atoms with E-state index in [9.17, 15) is 13.2 Å². The topological polar surface area (TPSA) is 94.2 Å². The summed E-state index contributed by atoms with van der Waals surface area (Å²) < 4.78 is 40.6. The van der Waals surface area contributed by atoms with Gasteiger partial charge in [0.2, 0.25) is 15.9 Å². The maximum Gasteiger partial charge on any atom is 0.241 e. The van der Waals surface area contributed by atoms with E-state index >= 15 is 0 Å². The summed E-state index contributed by atoms with van der Waals surface area (Å²) in [5, 5.41) is 2.68. The van der Waals surface area contributed by atoms with Gasteiger partial charge in [-0.2, -0.15) is 0 Å². The highest BCUT2D eigenvalue weighted by molar-refractivity contribution is 7.92. The molecular formula is C15H24N2O6S. The molecule has 8 nitrogen and oxygen atoms in total. The molecule has 0 aliphatic heterocycles. The number of carbonyl (C=O) groups excluding carboxylic acids is 1. The molecule has 0 saturated carbocycles. The van der Waals surface area contributed by atoms with Crippen LogP contribution >= 0.6 is 0 Å². The molecule has 0 saturated heterocycles. The van der Waals surface area contributed by atoms with Crippen LogP contribution in [-0.2, 0) is 19.6 Å². The lowest BCUT2D eigenvalue weighted by Gasteiger charge is -2.25. The molecule has 1 aromatic carbocycles. The fraction of sp³-hybridized carbons (Fsp3) is 0.533. The summed E-state index contributed by atoms with van der Waals surface area (Å²) in [6.45, 7) is 1.71. The molecule has 0 heterocycles. The molecular weight excluding hydrogens is 336 g/mol. The van der Waals surface area contributed by atoms with Crippen molar-refractivity contribution in [3.63, 3.8) is 0 Å². The van der Waals surface area contributed by atoms with Crippen LogP contribution in [0.2, 0.25) is 0 Å². The zero-order chi connectivity index (χ0) is 18.3. The molecule has 24 heavy (non-hydrogen) atoms. The van der Waals surface area contributed by atoms with E-state index in [4.69, 9.17) is 14.2 Å². The summed E-state index contributed by atoms with van der Waals surface area (Å²) in [5.74, 6) is 0.321. The second-order valence-electron chi connectivity index (χ2n) is 5.23. The molecule has 1 aromatic rings. The number of benzene rings is 1. The van der Waals surface area contributed by atoms with E-state index < -0.39 is 15.9 Å². The highest BCUT2D eigenvalue weighted by atomic mass is 32.2. The van der Waals surface area contributed by atoms with Crippen molar-refractivity contribution >= 4 is 21.6 Å². The molecule has 1 atom stereocenters. The van der Waals surface area contributed by atoms with Crippen molar-refractivity contribution < 1.29 is 27.4 Å². The summed E-state index contributed by atoms with van der Waals surface area (Å²) in [5.41, 5.74) is 0.230. The smallest absolute Gasteiger partial charge is 0.241 e. The van der Waals surface area contributed by atoms with Crippen LogP contribution in [0.3, 0.4) is 0 Å². The molecule has 1 rings (SSSR count). The Hall–Kier alpha value is -2.00. The van der Waals surface area contributed by atoms with E-state index in [2.05, 4.69) is 5.32 Å². The van der Waals surface area contributed by atoms with Crippen LogP contribution in [0.25, 0.3) is 0 Å². The number of amides is 1. The van der Waals surface area contributed by atoms with Gasteiger partial charge in [0.25, 0.3) is 0 Å². The first-order chi connectivity index (χ1) is 11.2. The Kier molecular flexibility index (Phi) is 7.30. The minimum Gasteiger partial charge on any atom is -0.497 e. The van der Waals surface area contributed by atoms with E-state index in [1.807, 2.05) is 0 Å². The van der Waals surface area contributed by atoms with Gasteiger partial charge in [-0.3, -0.25) is 9.10 Å². The molecule has 136 valence electrons. The summed E-state index contributed by atoms with van der Waals surface area (Å²) >= 11 is 0. The van der Waals surface area contributed by atoms with Gasteiger partial charge in [0.05, 0.1) is 32.8 Å². The third-order valence-corrected chi connectivity index (χ3v) is 4.29. The first-order valence-corrected chi connectivity index (χ1v) is 9.05. The van der Waals surface area contributed by atoms with Gasteiger partial charge < -0.3 is 19.5 Å². The highest BCUT2D eigenvalue weighted by Gasteiger charge is 2.25. The average molecular weight is 360 g/mol. The van der Waals surface area contributed by atoms with E-state index in [0.717, 1.165) is 10.6 Å². The van der Waals surface area contributed by atoms with Gasteiger partial charge in [-0.15, -0.1) is 0 Å². The minimum absolute atomic E-state index is 0.230. The SMILES string of the molecule is COC[C@H](C)NC(=O)CN(c1cc(OC)ccc1OC)S(C)(=O)=O. The van der Waals surface area contributed by atoms with Crippen LogP contribution in [0.5, 0.6) is 11.5 Å². The molecule has 0 radical (unpaired) electrons. The zero-order valence-electron chi connectivity index (χ0n) is 14.5. The van der Waals surface area contributed by atoms with Crippen molar-refractivity contribution in [2.75, 3.05) is 45.0 Å². The number of anilines is 1. The van der Waals surface area contributed by atoms with Crippen LogP contribution in [0, 0.1) is 0 Å². The predicted molar refractivity (Wildman–Crippen MR) is 91.2 cm³/mol. The summed E-state index contributed by atoms with van der Waals surface area (Å²) in [4.78, 5) is 12.2. The number of rotatable bonds is 9. The zero-order valence-corrected chi connectivity index (χ0v) is 15.3. The lowest BCUT2D eigenvalue weighted by atomic mass is 10.2. The van der Waals surface area contributed by atoms with Crippen molar-refractivity contribution in [2.24, 2.45) is 0 Å². The number of methoxy groups -OCH3 is 3. The molecule has 1 N–H and O–H groups in total. The first-order valence-electron chi connectivity index (χ1n) is 7.21. The van der Waals surface area contributed by atoms with Gasteiger partial charge in [-0.25, -0.2) is 8.42 Å². The lowest BCUT2D eigenvalue weighted by Crippen LogP contribution is -2.44. The van der Waals surface area contributed by atoms with Crippen molar-refractivity contribution in [3.05, 3.63) is 18.2 Å². The second-order valence-corrected chi connectivity index (χ2v) is 7.14. The number of hydrogen-bond donors (Lipinski definition) is 1. The highest BCUT2D eigenvalue weighted by Crippen LogP contribution is 2.33. The molecule has 0 unspecified atom stereocenters. The quantitative estimate of drug-likeness (QED) is 0.694. The van der Waals surface area contributed by atoms with Gasteiger partial charge >= 0.3 is 0 Å². The van der Waals surface area contributed by atoms with Crippen molar-refractivity contribution in [3.8, 4) is 11.5 Å². The van der Waals surface area contributed by atoms with E-state index in [0.29, 0.717) is 18.1 Å². The van der Waals surface area contributed by atoms with E-state index in [1.165, 1.54) is 27.4 Å². The van der Waals surface area contributed by atoms with Crippen LogP contribution in [0.4, 0.5) is 5.69 Å². The molecule has 0 spiro atoms. The van der Waals surface area contributed by atoms with Gasteiger partial charge in [0, 0.05) is 19.2 Å². The summed E-state index contributed by atoms with van der Waals surface area (Å²) in [6, 6.07) is 4.49. The predicted octanol–water partition coefficient (Wildman–Crippen LogP) is 0.621. The standard InChI is InChI=1S/C15H24N2O6S/c1-11(10-21-2)16-15(18)9-17(24(5,19)20)13-8-12(22-3)6-7-14(13)23-4/h6-8,11H,9-10H2,1-5H3,(H,16,18)/t11-/m0/s1. The normalized spacial score (nSPS) is 12.4. The van der Waals surface area contributed by atoms with Crippen LogP contribution in [0.15, 0.2) is 18.2 Å². The molecule has 0 bridgehead atoms. The molecule has 1 amide bonds. The largest absolute Gasteiger partial charge is 0.497 e. The monoisotopic (exact) mass is 360 g/mol. The Bertz CT molecular complexity index is 662. The maximum absolute atomic E-state index is 12.2. The van der Waals surface area contributed by atoms with Gasteiger partial charge in [0.1, 0.15) is 18.0 Å². The summed E-state index contributed by atoms with van der Waals surface area (Å²) in [7, 11) is 0.698. The van der Waals surface area contributed by atoms with Gasteiger partial charge in [-0.1, -0.05) is 0 Å². The number of nitrogens with zero attached hydrogens (tertiary/aromatic N) is 1. The van der Waals surface area contributed by atoms with E-state index in [1.54, 1.807) is 19.1 Å². The van der Waals surface area contributed by atoms with Crippen LogP contribution in [-0.4, -0.2) is 61.1 Å². The maximum atomic E-state index is 12.2. The minimum atomic E-state index is -3.71. The lowest BCUT2D eigenvalue weighted by molar-refractivity contribution is -0.120. The third kappa shape index (κ3) is 5.57. The van der Waals surface area contributed by atoms with Crippen molar-refractivity contribution in [2.45, 2.75) is 13.0 Å². The number of nitrogens with one attached hydrogen (secondary N) is 1. The van der Waals surface area contributed by atoms with Crippen molar-refractivity contribution in [1.29, 1.82) is 0 Å². The fourth-order valence-electron chi connectivity index (χ4n) is 2.12. The molecule has 0 aliphatic carbocycles. The van der Waals surface area contributed by atoms with Gasteiger partial charge in [0.15, 0.2) is 0 Å². The first kappa shape index (κ1) is 20.0. The molecule has 0 fully saturated rings. The number of carbonyl (C=O) groups is 1. The Morgan fingerprint density at radius 1 is 1.25 bits per heavy atom. The fourth-order valence-corrected chi connectivity index (χ4v) is 2.97. The molecule has 0 aliphatic rings.